The van der Waals surface area contributed by atoms with Gasteiger partial charge in [0.05, 0.1) is 11.4 Å². The first-order valence-electron chi connectivity index (χ1n) is 5.56. The van der Waals surface area contributed by atoms with Crippen molar-refractivity contribution in [2.24, 2.45) is 0 Å². The lowest BCUT2D eigenvalue weighted by Crippen LogP contribution is -1.91. The quantitative estimate of drug-likeness (QED) is 0.782. The topological polar surface area (TPSA) is 63.7 Å². The molecule has 0 aliphatic heterocycles. The SMILES string of the molecule is Fc1ccc(Oc2cc(-c3ccn[nH]3)ncn2)cc1. The van der Waals surface area contributed by atoms with Crippen LogP contribution in [0.4, 0.5) is 4.39 Å². The largest absolute Gasteiger partial charge is 0.439 e. The van der Waals surface area contributed by atoms with Gasteiger partial charge >= 0.3 is 0 Å². The Morgan fingerprint density at radius 2 is 1.89 bits per heavy atom. The summed E-state index contributed by atoms with van der Waals surface area (Å²) in [5, 5.41) is 6.66. The molecule has 6 heteroatoms. The first-order chi connectivity index (χ1) is 9.31. The summed E-state index contributed by atoms with van der Waals surface area (Å²) in [5.74, 6) is 0.579. The molecule has 1 aromatic carbocycles. The lowest BCUT2D eigenvalue weighted by Gasteiger charge is -2.05. The molecule has 0 aliphatic carbocycles. The molecular formula is C13H9FN4O. The highest BCUT2D eigenvalue weighted by atomic mass is 19.1. The van der Waals surface area contributed by atoms with Crippen molar-refractivity contribution >= 4 is 0 Å². The lowest BCUT2D eigenvalue weighted by molar-refractivity contribution is 0.460. The molecule has 0 aliphatic rings. The molecular weight excluding hydrogens is 247 g/mol. The van der Waals surface area contributed by atoms with Gasteiger partial charge in [0.2, 0.25) is 5.88 Å². The summed E-state index contributed by atoms with van der Waals surface area (Å²) in [4.78, 5) is 8.12. The first-order valence-corrected chi connectivity index (χ1v) is 5.56. The summed E-state index contributed by atoms with van der Waals surface area (Å²) in [5.41, 5.74) is 1.44. The van der Waals surface area contributed by atoms with Gasteiger partial charge in [-0.05, 0) is 30.3 Å². The second-order valence-electron chi connectivity index (χ2n) is 3.77. The van der Waals surface area contributed by atoms with Gasteiger partial charge in [-0.3, -0.25) is 5.10 Å². The summed E-state index contributed by atoms with van der Waals surface area (Å²) in [6.45, 7) is 0. The summed E-state index contributed by atoms with van der Waals surface area (Å²) < 4.78 is 18.3. The summed E-state index contributed by atoms with van der Waals surface area (Å²) >= 11 is 0. The van der Waals surface area contributed by atoms with Crippen molar-refractivity contribution < 1.29 is 9.13 Å². The number of hydrogen-bond acceptors (Lipinski definition) is 4. The van der Waals surface area contributed by atoms with Crippen molar-refractivity contribution in [2.75, 3.05) is 0 Å². The van der Waals surface area contributed by atoms with Gasteiger partial charge in [0.1, 0.15) is 17.9 Å². The zero-order chi connectivity index (χ0) is 13.1. The Morgan fingerprint density at radius 1 is 1.05 bits per heavy atom. The van der Waals surface area contributed by atoms with Gasteiger partial charge in [0, 0.05) is 12.3 Å². The van der Waals surface area contributed by atoms with E-state index in [0.29, 0.717) is 17.3 Å². The van der Waals surface area contributed by atoms with Crippen LogP contribution in [0, 0.1) is 5.82 Å². The van der Waals surface area contributed by atoms with Crippen LogP contribution in [-0.4, -0.2) is 20.2 Å². The molecule has 94 valence electrons. The maximum absolute atomic E-state index is 12.8. The van der Waals surface area contributed by atoms with E-state index in [1.165, 1.54) is 30.6 Å². The third-order valence-corrected chi connectivity index (χ3v) is 2.45. The molecule has 0 unspecified atom stereocenters. The Morgan fingerprint density at radius 3 is 2.63 bits per heavy atom. The molecule has 0 atom stereocenters. The first kappa shape index (κ1) is 11.3. The van der Waals surface area contributed by atoms with Crippen LogP contribution in [0.25, 0.3) is 11.4 Å². The standard InChI is InChI=1S/C13H9FN4O/c14-9-1-3-10(4-2-9)19-13-7-12(15-8-16-13)11-5-6-17-18-11/h1-8H,(H,17,18). The number of nitrogens with zero attached hydrogens (tertiary/aromatic N) is 3. The molecule has 3 aromatic rings. The van der Waals surface area contributed by atoms with Crippen LogP contribution in [0.2, 0.25) is 0 Å². The molecule has 2 aromatic heterocycles. The van der Waals surface area contributed by atoms with E-state index in [4.69, 9.17) is 4.74 Å². The van der Waals surface area contributed by atoms with Crippen molar-refractivity contribution in [2.45, 2.75) is 0 Å². The van der Waals surface area contributed by atoms with E-state index >= 15 is 0 Å². The highest BCUT2D eigenvalue weighted by Gasteiger charge is 2.05. The number of benzene rings is 1. The molecule has 3 rings (SSSR count). The third-order valence-electron chi connectivity index (χ3n) is 2.45. The predicted molar refractivity (Wildman–Crippen MR) is 66.1 cm³/mol. The van der Waals surface area contributed by atoms with Gasteiger partial charge in [-0.1, -0.05) is 0 Å². The molecule has 0 spiro atoms. The molecule has 0 amide bonds. The summed E-state index contributed by atoms with van der Waals surface area (Å²) in [7, 11) is 0. The average molecular weight is 256 g/mol. The molecule has 0 saturated heterocycles. The van der Waals surface area contributed by atoms with Crippen molar-refractivity contribution in [3.8, 4) is 23.0 Å². The number of ether oxygens (including phenoxy) is 1. The minimum absolute atomic E-state index is 0.312. The Bertz CT molecular complexity index is 667. The van der Waals surface area contributed by atoms with Crippen LogP contribution in [0.5, 0.6) is 11.6 Å². The predicted octanol–water partition coefficient (Wildman–Crippen LogP) is 2.80. The van der Waals surface area contributed by atoms with Crippen LogP contribution in [-0.2, 0) is 0 Å². The van der Waals surface area contributed by atoms with Crippen LogP contribution in [0.1, 0.15) is 0 Å². The van der Waals surface area contributed by atoms with E-state index < -0.39 is 0 Å². The van der Waals surface area contributed by atoms with Gasteiger partial charge in [0.15, 0.2) is 0 Å². The van der Waals surface area contributed by atoms with Crippen molar-refractivity contribution in [3.63, 3.8) is 0 Å². The minimum atomic E-state index is -0.312. The van der Waals surface area contributed by atoms with Crippen molar-refractivity contribution in [3.05, 3.63) is 54.7 Å². The Balaban J connectivity index is 1.85. The highest BCUT2D eigenvalue weighted by molar-refractivity contribution is 5.54. The number of halogens is 1. The second kappa shape index (κ2) is 4.85. The van der Waals surface area contributed by atoms with Crippen LogP contribution in [0.15, 0.2) is 48.9 Å². The van der Waals surface area contributed by atoms with Crippen molar-refractivity contribution in [1.29, 1.82) is 0 Å². The molecule has 2 heterocycles. The van der Waals surface area contributed by atoms with E-state index in [-0.39, 0.29) is 5.82 Å². The Labute approximate surface area is 108 Å². The van der Waals surface area contributed by atoms with Crippen molar-refractivity contribution in [1.82, 2.24) is 20.2 Å². The van der Waals surface area contributed by atoms with Gasteiger partial charge in [-0.25, -0.2) is 14.4 Å². The van der Waals surface area contributed by atoms with E-state index in [0.717, 1.165) is 5.69 Å². The summed E-state index contributed by atoms with van der Waals surface area (Å²) in [6.07, 6.45) is 3.03. The van der Waals surface area contributed by atoms with Gasteiger partial charge < -0.3 is 4.74 Å². The van der Waals surface area contributed by atoms with Gasteiger partial charge in [-0.2, -0.15) is 5.10 Å². The number of H-pyrrole nitrogens is 1. The molecule has 0 fully saturated rings. The average Bonchev–Trinajstić information content (AvgIpc) is 2.96. The molecule has 0 bridgehead atoms. The number of aromatic amines is 1. The highest BCUT2D eigenvalue weighted by Crippen LogP contribution is 2.22. The fourth-order valence-electron chi connectivity index (χ4n) is 1.56. The Hall–Kier alpha value is -2.76. The monoisotopic (exact) mass is 256 g/mol. The van der Waals surface area contributed by atoms with Crippen LogP contribution < -0.4 is 4.74 Å². The fraction of sp³-hybridized carbons (Fsp3) is 0. The van der Waals surface area contributed by atoms with E-state index in [9.17, 15) is 4.39 Å². The number of rotatable bonds is 3. The van der Waals surface area contributed by atoms with Gasteiger partial charge in [0.25, 0.3) is 0 Å². The molecule has 1 N–H and O–H groups in total. The van der Waals surface area contributed by atoms with E-state index in [2.05, 4.69) is 20.2 Å². The minimum Gasteiger partial charge on any atom is -0.439 e. The molecule has 0 radical (unpaired) electrons. The Kier molecular flexibility index (Phi) is 2.89. The lowest BCUT2D eigenvalue weighted by atomic mass is 10.3. The number of aromatic nitrogens is 4. The van der Waals surface area contributed by atoms with Gasteiger partial charge in [-0.15, -0.1) is 0 Å². The zero-order valence-corrected chi connectivity index (χ0v) is 9.75. The van der Waals surface area contributed by atoms with E-state index in [1.54, 1.807) is 18.3 Å². The fourth-order valence-corrected chi connectivity index (χ4v) is 1.56. The maximum Gasteiger partial charge on any atom is 0.222 e. The van der Waals surface area contributed by atoms with Crippen LogP contribution in [0.3, 0.4) is 0 Å². The second-order valence-corrected chi connectivity index (χ2v) is 3.77. The van der Waals surface area contributed by atoms with E-state index in [1.807, 2.05) is 0 Å². The summed E-state index contributed by atoms with van der Waals surface area (Å²) in [6, 6.07) is 9.19. The zero-order valence-electron chi connectivity index (χ0n) is 9.75. The molecule has 5 nitrogen and oxygen atoms in total. The number of nitrogens with one attached hydrogen (secondary N) is 1. The smallest absolute Gasteiger partial charge is 0.222 e. The molecule has 19 heavy (non-hydrogen) atoms. The molecule has 0 saturated carbocycles. The van der Waals surface area contributed by atoms with Crippen LogP contribution >= 0.6 is 0 Å². The maximum atomic E-state index is 12.8. The normalized spacial score (nSPS) is 10.4. The number of hydrogen-bond donors (Lipinski definition) is 1. The third kappa shape index (κ3) is 2.57.